The molecule has 4 nitrogen and oxygen atoms in total. The Balaban J connectivity index is 2.19. The van der Waals surface area contributed by atoms with E-state index >= 15 is 0 Å². The Morgan fingerprint density at radius 2 is 1.75 bits per heavy atom. The molecule has 0 aromatic carbocycles. The summed E-state index contributed by atoms with van der Waals surface area (Å²) >= 11 is 3.00. The van der Waals surface area contributed by atoms with E-state index in [0.29, 0.717) is 11.4 Å². The van der Waals surface area contributed by atoms with Crippen molar-refractivity contribution in [2.24, 2.45) is 0 Å². The van der Waals surface area contributed by atoms with Crippen molar-refractivity contribution >= 4 is 22.7 Å². The zero-order valence-corrected chi connectivity index (χ0v) is 14.0. The first-order valence-corrected chi connectivity index (χ1v) is 8.13. The number of aromatic nitrogens is 2. The zero-order valence-electron chi connectivity index (χ0n) is 12.4. The number of hydrogen-bond acceptors (Lipinski definition) is 6. The van der Waals surface area contributed by atoms with Gasteiger partial charge in [-0.1, -0.05) is 0 Å². The summed E-state index contributed by atoms with van der Waals surface area (Å²) in [6.45, 7) is 9.36. The molecule has 0 spiro atoms. The molecule has 2 N–H and O–H groups in total. The average molecular weight is 312 g/mol. The maximum Gasteiger partial charge on any atom is 0.124 e. The molecule has 6 heteroatoms. The summed E-state index contributed by atoms with van der Waals surface area (Å²) in [5, 5.41) is 21.7. The normalized spacial score (nSPS) is 13.8. The molecule has 2 heterocycles. The van der Waals surface area contributed by atoms with Gasteiger partial charge in [-0.25, -0.2) is 9.97 Å². The minimum Gasteiger partial charge on any atom is -0.386 e. The Labute approximate surface area is 127 Å². The molecule has 110 valence electrons. The van der Waals surface area contributed by atoms with Crippen molar-refractivity contribution in [2.75, 3.05) is 0 Å². The highest BCUT2D eigenvalue weighted by atomic mass is 32.1. The molecule has 1 unspecified atom stereocenters. The van der Waals surface area contributed by atoms with Gasteiger partial charge in [0.25, 0.3) is 0 Å². The van der Waals surface area contributed by atoms with Crippen LogP contribution in [0.4, 0.5) is 0 Å². The Morgan fingerprint density at radius 3 is 2.20 bits per heavy atom. The van der Waals surface area contributed by atoms with Gasteiger partial charge in [-0.3, -0.25) is 0 Å². The van der Waals surface area contributed by atoms with Crippen LogP contribution in [-0.4, -0.2) is 20.2 Å². The molecule has 0 aliphatic rings. The van der Waals surface area contributed by atoms with E-state index in [2.05, 4.69) is 9.97 Å². The average Bonchev–Trinajstić information content (AvgIpc) is 2.84. The van der Waals surface area contributed by atoms with E-state index in [4.69, 9.17) is 0 Å². The van der Waals surface area contributed by atoms with Crippen LogP contribution in [0.25, 0.3) is 0 Å². The molecule has 2 aromatic heterocycles. The lowest BCUT2D eigenvalue weighted by Crippen LogP contribution is -2.15. The van der Waals surface area contributed by atoms with Crippen LogP contribution >= 0.6 is 22.7 Å². The zero-order chi connectivity index (χ0) is 15.1. The quantitative estimate of drug-likeness (QED) is 0.910. The number of aliphatic hydroxyl groups excluding tert-OH is 1. The third-order valence-corrected chi connectivity index (χ3v) is 5.63. The molecular formula is C14H20N2O2S2. The third kappa shape index (κ3) is 3.25. The van der Waals surface area contributed by atoms with Crippen molar-refractivity contribution in [3.05, 3.63) is 31.2 Å². The highest BCUT2D eigenvalue weighted by Gasteiger charge is 2.24. The van der Waals surface area contributed by atoms with Gasteiger partial charge in [0, 0.05) is 16.2 Å². The lowest BCUT2D eigenvalue weighted by Gasteiger charge is -2.12. The van der Waals surface area contributed by atoms with Crippen LogP contribution < -0.4 is 0 Å². The summed E-state index contributed by atoms with van der Waals surface area (Å²) in [7, 11) is 0. The molecule has 0 fully saturated rings. The summed E-state index contributed by atoms with van der Waals surface area (Å²) in [4.78, 5) is 11.0. The smallest absolute Gasteiger partial charge is 0.124 e. The van der Waals surface area contributed by atoms with Crippen LogP contribution in [-0.2, 0) is 12.0 Å². The van der Waals surface area contributed by atoms with Gasteiger partial charge in [0.15, 0.2) is 0 Å². The Hall–Kier alpha value is -0.820. The lowest BCUT2D eigenvalue weighted by molar-refractivity contribution is 0.0779. The van der Waals surface area contributed by atoms with E-state index in [9.17, 15) is 10.2 Å². The van der Waals surface area contributed by atoms with Crippen LogP contribution in [0.1, 0.15) is 51.1 Å². The molecule has 0 aliphatic heterocycles. The molecule has 0 radical (unpaired) electrons. The van der Waals surface area contributed by atoms with Gasteiger partial charge >= 0.3 is 0 Å². The second kappa shape index (κ2) is 5.52. The van der Waals surface area contributed by atoms with Crippen LogP contribution in [0, 0.1) is 20.8 Å². The Kier molecular flexibility index (Phi) is 4.30. The summed E-state index contributed by atoms with van der Waals surface area (Å²) in [6, 6.07) is 0. The van der Waals surface area contributed by atoms with E-state index < -0.39 is 11.7 Å². The van der Waals surface area contributed by atoms with Crippen LogP contribution in [0.3, 0.4) is 0 Å². The van der Waals surface area contributed by atoms with Gasteiger partial charge in [-0.2, -0.15) is 0 Å². The van der Waals surface area contributed by atoms with Gasteiger partial charge in [0.1, 0.15) is 21.7 Å². The van der Waals surface area contributed by atoms with E-state index in [1.54, 1.807) is 13.8 Å². The second-order valence-corrected chi connectivity index (χ2v) is 7.93. The highest BCUT2D eigenvalue weighted by molar-refractivity contribution is 7.12. The number of nitrogens with zero attached hydrogens (tertiary/aromatic N) is 2. The second-order valence-electron chi connectivity index (χ2n) is 5.49. The van der Waals surface area contributed by atoms with Gasteiger partial charge < -0.3 is 10.2 Å². The molecule has 2 rings (SSSR count). The molecule has 0 amide bonds. The molecule has 0 bridgehead atoms. The molecule has 1 atom stereocenters. The highest BCUT2D eigenvalue weighted by Crippen LogP contribution is 2.31. The number of aliphatic hydroxyl groups is 2. The molecule has 2 aromatic rings. The number of hydrogen-bond donors (Lipinski definition) is 2. The van der Waals surface area contributed by atoms with E-state index in [1.807, 2.05) is 20.8 Å². The molecular weight excluding hydrogens is 292 g/mol. The van der Waals surface area contributed by atoms with Gasteiger partial charge in [0.05, 0.1) is 11.4 Å². The van der Waals surface area contributed by atoms with E-state index in [0.717, 1.165) is 26.1 Å². The summed E-state index contributed by atoms with van der Waals surface area (Å²) < 4.78 is 0. The number of rotatable bonds is 4. The number of aryl methyl sites for hydroxylation is 3. The summed E-state index contributed by atoms with van der Waals surface area (Å²) in [5.74, 6) is 0. The van der Waals surface area contributed by atoms with Crippen molar-refractivity contribution in [1.29, 1.82) is 0 Å². The first kappa shape index (κ1) is 15.6. The molecule has 0 saturated carbocycles. The monoisotopic (exact) mass is 312 g/mol. The van der Waals surface area contributed by atoms with Gasteiger partial charge in [-0.15, -0.1) is 22.7 Å². The maximum absolute atomic E-state index is 10.3. The molecule has 20 heavy (non-hydrogen) atoms. The SMILES string of the molecule is Cc1nc(C(O)Cc2nc(C(C)(C)O)sc2C)sc1C. The standard InChI is InChI=1S/C14H20N2O2S2/c1-7-8(2)19-12(15-7)11(17)6-10-9(3)20-13(16-10)14(4,5)18/h11,17-18H,6H2,1-5H3. The van der Waals surface area contributed by atoms with Crippen LogP contribution in [0.2, 0.25) is 0 Å². The first-order chi connectivity index (χ1) is 9.18. The minimum absolute atomic E-state index is 0.435. The fourth-order valence-electron chi connectivity index (χ4n) is 1.79. The summed E-state index contributed by atoms with van der Waals surface area (Å²) in [5.41, 5.74) is 0.869. The van der Waals surface area contributed by atoms with Crippen molar-refractivity contribution < 1.29 is 10.2 Å². The van der Waals surface area contributed by atoms with Crippen molar-refractivity contribution in [1.82, 2.24) is 9.97 Å². The van der Waals surface area contributed by atoms with E-state index in [-0.39, 0.29) is 0 Å². The van der Waals surface area contributed by atoms with Gasteiger partial charge in [0.2, 0.25) is 0 Å². The topological polar surface area (TPSA) is 66.2 Å². The first-order valence-electron chi connectivity index (χ1n) is 6.49. The predicted molar refractivity (Wildman–Crippen MR) is 82.3 cm³/mol. The van der Waals surface area contributed by atoms with Crippen molar-refractivity contribution in [2.45, 2.75) is 52.7 Å². The summed E-state index contributed by atoms with van der Waals surface area (Å²) in [6.07, 6.45) is -0.201. The predicted octanol–water partition coefficient (Wildman–Crippen LogP) is 3.03. The molecule has 0 saturated heterocycles. The fraction of sp³-hybridized carbons (Fsp3) is 0.571. The maximum atomic E-state index is 10.3. The lowest BCUT2D eigenvalue weighted by atomic mass is 10.1. The Morgan fingerprint density at radius 1 is 1.10 bits per heavy atom. The van der Waals surface area contributed by atoms with Gasteiger partial charge in [-0.05, 0) is 34.6 Å². The molecule has 0 aliphatic carbocycles. The third-order valence-electron chi connectivity index (χ3n) is 3.13. The van der Waals surface area contributed by atoms with E-state index in [1.165, 1.54) is 22.7 Å². The fourth-order valence-corrected chi connectivity index (χ4v) is 3.64. The minimum atomic E-state index is -0.938. The largest absolute Gasteiger partial charge is 0.386 e. The van der Waals surface area contributed by atoms with Crippen molar-refractivity contribution in [3.8, 4) is 0 Å². The number of thiazole rings is 2. The van der Waals surface area contributed by atoms with Crippen molar-refractivity contribution in [3.63, 3.8) is 0 Å². The van der Waals surface area contributed by atoms with Crippen LogP contribution in [0.5, 0.6) is 0 Å². The van der Waals surface area contributed by atoms with Crippen LogP contribution in [0.15, 0.2) is 0 Å². The Bertz CT molecular complexity index is 592.